The Hall–Kier alpha value is -1.62. The maximum absolute atomic E-state index is 13.3. The third-order valence-corrected chi connectivity index (χ3v) is 4.00. The van der Waals surface area contributed by atoms with E-state index in [4.69, 9.17) is 0 Å². The molecular weight excluding hydrogens is 271 g/mol. The van der Waals surface area contributed by atoms with Crippen LogP contribution in [0.25, 0.3) is 0 Å². The second-order valence-corrected chi connectivity index (χ2v) is 5.80. The molecule has 1 unspecified atom stereocenters. The van der Waals surface area contributed by atoms with Crippen LogP contribution < -0.4 is 10.6 Å². The number of hydrogen-bond donors (Lipinski definition) is 3. The van der Waals surface area contributed by atoms with Crippen molar-refractivity contribution >= 4 is 6.03 Å². The van der Waals surface area contributed by atoms with Crippen LogP contribution in [-0.2, 0) is 5.41 Å². The molecule has 0 saturated heterocycles. The van der Waals surface area contributed by atoms with Crippen molar-refractivity contribution in [3.63, 3.8) is 0 Å². The van der Waals surface area contributed by atoms with E-state index in [1.54, 1.807) is 6.07 Å². The van der Waals surface area contributed by atoms with Crippen LogP contribution >= 0.6 is 0 Å². The molecule has 21 heavy (non-hydrogen) atoms. The minimum atomic E-state index is -0.501. The van der Waals surface area contributed by atoms with Crippen molar-refractivity contribution in [1.82, 2.24) is 10.6 Å². The van der Waals surface area contributed by atoms with Gasteiger partial charge in [-0.2, -0.15) is 0 Å². The van der Waals surface area contributed by atoms with E-state index >= 15 is 0 Å². The van der Waals surface area contributed by atoms with Gasteiger partial charge in [0.15, 0.2) is 0 Å². The van der Waals surface area contributed by atoms with Gasteiger partial charge in [-0.05, 0) is 37.0 Å². The van der Waals surface area contributed by atoms with Crippen LogP contribution in [0.2, 0.25) is 0 Å². The molecule has 1 atom stereocenters. The van der Waals surface area contributed by atoms with E-state index in [9.17, 15) is 14.3 Å². The van der Waals surface area contributed by atoms with Gasteiger partial charge in [0.05, 0.1) is 6.10 Å². The van der Waals surface area contributed by atoms with Crippen LogP contribution in [0.4, 0.5) is 9.18 Å². The topological polar surface area (TPSA) is 61.4 Å². The summed E-state index contributed by atoms with van der Waals surface area (Å²) in [6.07, 6.45) is 2.96. The number of amides is 2. The highest BCUT2D eigenvalue weighted by atomic mass is 19.1. The van der Waals surface area contributed by atoms with E-state index in [-0.39, 0.29) is 23.8 Å². The van der Waals surface area contributed by atoms with Gasteiger partial charge in [0.25, 0.3) is 0 Å². The summed E-state index contributed by atoms with van der Waals surface area (Å²) in [6, 6.07) is 6.28. The first-order valence-corrected chi connectivity index (χ1v) is 7.51. The molecule has 1 aliphatic rings. The monoisotopic (exact) mass is 294 g/mol. The fraction of sp³-hybridized carbons (Fsp3) is 0.562. The van der Waals surface area contributed by atoms with Gasteiger partial charge in [-0.3, -0.25) is 0 Å². The molecule has 4 nitrogen and oxygen atoms in total. The lowest BCUT2D eigenvalue weighted by molar-refractivity contribution is 0.160. The van der Waals surface area contributed by atoms with Crippen molar-refractivity contribution < 1.29 is 14.3 Å². The number of rotatable bonds is 7. The van der Waals surface area contributed by atoms with Crippen LogP contribution in [-0.4, -0.2) is 30.3 Å². The molecule has 3 N–H and O–H groups in total. The van der Waals surface area contributed by atoms with Gasteiger partial charge in [0.2, 0.25) is 0 Å². The molecular formula is C16H23FN2O2. The zero-order valence-corrected chi connectivity index (χ0v) is 12.4. The molecule has 2 rings (SSSR count). The molecule has 0 spiro atoms. The Morgan fingerprint density at radius 1 is 1.43 bits per heavy atom. The Morgan fingerprint density at radius 2 is 2.19 bits per heavy atom. The van der Waals surface area contributed by atoms with Crippen LogP contribution in [0.1, 0.15) is 38.2 Å². The lowest BCUT2D eigenvalue weighted by Crippen LogP contribution is -2.42. The van der Waals surface area contributed by atoms with Crippen LogP contribution in [0.3, 0.4) is 0 Å². The Bertz CT molecular complexity index is 489. The average molecular weight is 294 g/mol. The molecule has 1 fully saturated rings. The minimum Gasteiger partial charge on any atom is -0.391 e. The number of nitrogens with one attached hydrogen (secondary N) is 2. The highest BCUT2D eigenvalue weighted by Gasteiger charge is 2.44. The Balaban J connectivity index is 1.79. The number of benzene rings is 1. The predicted octanol–water partition coefficient (Wildman–Crippen LogP) is 2.32. The summed E-state index contributed by atoms with van der Waals surface area (Å²) in [5, 5.41) is 15.0. The summed E-state index contributed by atoms with van der Waals surface area (Å²) >= 11 is 0. The van der Waals surface area contributed by atoms with E-state index in [0.717, 1.165) is 24.8 Å². The number of aliphatic hydroxyl groups is 1. The first-order valence-electron chi connectivity index (χ1n) is 7.51. The van der Waals surface area contributed by atoms with E-state index in [1.807, 2.05) is 13.0 Å². The highest BCUT2D eigenvalue weighted by molar-refractivity contribution is 5.74. The van der Waals surface area contributed by atoms with Crippen LogP contribution in [0.5, 0.6) is 0 Å². The molecule has 0 radical (unpaired) electrons. The second-order valence-electron chi connectivity index (χ2n) is 5.80. The van der Waals surface area contributed by atoms with Crippen molar-refractivity contribution in [2.75, 3.05) is 13.1 Å². The number of aliphatic hydroxyl groups excluding tert-OH is 1. The third kappa shape index (κ3) is 4.43. The van der Waals surface area contributed by atoms with Crippen molar-refractivity contribution in [1.29, 1.82) is 0 Å². The van der Waals surface area contributed by atoms with E-state index in [1.165, 1.54) is 12.1 Å². The summed E-state index contributed by atoms with van der Waals surface area (Å²) in [5.74, 6) is -0.245. The van der Waals surface area contributed by atoms with E-state index < -0.39 is 6.10 Å². The number of carbonyl (C=O) groups excluding carboxylic acids is 1. The Labute approximate surface area is 124 Å². The smallest absolute Gasteiger partial charge is 0.314 e. The molecule has 1 aliphatic carbocycles. The first-order chi connectivity index (χ1) is 10.1. The summed E-state index contributed by atoms with van der Waals surface area (Å²) in [5.41, 5.74) is 0.815. The summed E-state index contributed by atoms with van der Waals surface area (Å²) < 4.78 is 13.3. The lowest BCUT2D eigenvalue weighted by Gasteiger charge is -2.18. The minimum absolute atomic E-state index is 0.124. The predicted molar refractivity (Wildman–Crippen MR) is 79.6 cm³/mol. The van der Waals surface area contributed by atoms with Gasteiger partial charge in [0.1, 0.15) is 5.82 Å². The van der Waals surface area contributed by atoms with Gasteiger partial charge in [0, 0.05) is 18.5 Å². The van der Waals surface area contributed by atoms with Crippen molar-refractivity contribution in [3.8, 4) is 0 Å². The number of halogens is 1. The van der Waals surface area contributed by atoms with Gasteiger partial charge in [-0.25, -0.2) is 9.18 Å². The third-order valence-electron chi connectivity index (χ3n) is 4.00. The molecule has 5 heteroatoms. The summed E-state index contributed by atoms with van der Waals surface area (Å²) in [7, 11) is 0. The quantitative estimate of drug-likeness (QED) is 0.722. The van der Waals surface area contributed by atoms with Crippen LogP contribution in [0.15, 0.2) is 24.3 Å². The maximum Gasteiger partial charge on any atom is 0.314 e. The number of hydrogen-bond acceptors (Lipinski definition) is 2. The fourth-order valence-corrected chi connectivity index (χ4v) is 2.49. The first kappa shape index (κ1) is 15.8. The normalized spacial score (nSPS) is 17.1. The van der Waals surface area contributed by atoms with Gasteiger partial charge < -0.3 is 15.7 Å². The van der Waals surface area contributed by atoms with Gasteiger partial charge in [-0.15, -0.1) is 0 Å². The molecule has 0 aromatic heterocycles. The number of urea groups is 1. The molecule has 1 saturated carbocycles. The molecule has 116 valence electrons. The standard InChI is InChI=1S/C16H23FN2O2/c1-2-4-14(20)10-18-15(21)19-11-16(7-8-16)12-5-3-6-13(17)9-12/h3,5-6,9,14,20H,2,4,7-8,10-11H2,1H3,(H2,18,19,21). The summed E-state index contributed by atoms with van der Waals surface area (Å²) in [6.45, 7) is 2.73. The average Bonchev–Trinajstić information content (AvgIpc) is 3.24. The maximum atomic E-state index is 13.3. The highest BCUT2D eigenvalue weighted by Crippen LogP contribution is 2.47. The van der Waals surface area contributed by atoms with Crippen molar-refractivity contribution in [2.24, 2.45) is 0 Å². The molecule has 1 aromatic rings. The Morgan fingerprint density at radius 3 is 2.81 bits per heavy atom. The molecule has 0 aliphatic heterocycles. The van der Waals surface area contributed by atoms with Gasteiger partial charge in [-0.1, -0.05) is 25.5 Å². The molecule has 0 heterocycles. The summed E-state index contributed by atoms with van der Waals surface area (Å²) in [4.78, 5) is 11.7. The van der Waals surface area contributed by atoms with Crippen LogP contribution in [0, 0.1) is 5.82 Å². The zero-order valence-electron chi connectivity index (χ0n) is 12.4. The van der Waals surface area contributed by atoms with Crippen molar-refractivity contribution in [2.45, 2.75) is 44.1 Å². The lowest BCUT2D eigenvalue weighted by atomic mass is 9.96. The zero-order chi connectivity index (χ0) is 15.3. The van der Waals surface area contributed by atoms with Gasteiger partial charge >= 0.3 is 6.03 Å². The van der Waals surface area contributed by atoms with Crippen molar-refractivity contribution in [3.05, 3.63) is 35.6 Å². The Kier molecular flexibility index (Phi) is 5.17. The SMILES string of the molecule is CCCC(O)CNC(=O)NCC1(c2cccc(F)c2)CC1. The largest absolute Gasteiger partial charge is 0.391 e. The molecule has 0 bridgehead atoms. The van der Waals surface area contributed by atoms with E-state index in [2.05, 4.69) is 10.6 Å². The molecule has 2 amide bonds. The fourth-order valence-electron chi connectivity index (χ4n) is 2.49. The molecule has 1 aromatic carbocycles. The second kappa shape index (κ2) is 6.89. The van der Waals surface area contributed by atoms with E-state index in [0.29, 0.717) is 13.0 Å². The number of carbonyl (C=O) groups is 1.